The summed E-state index contributed by atoms with van der Waals surface area (Å²) in [6.45, 7) is 4.34. The summed E-state index contributed by atoms with van der Waals surface area (Å²) in [6, 6.07) is 9.02. The molecule has 1 heterocycles. The maximum Gasteiger partial charge on any atom is 0.0537 e. The van der Waals surface area contributed by atoms with Gasteiger partial charge in [-0.1, -0.05) is 28.1 Å². The maximum absolute atomic E-state index is 4.20. The Morgan fingerprint density at radius 3 is 2.28 bits per heavy atom. The van der Waals surface area contributed by atoms with Gasteiger partial charge in [0.25, 0.3) is 0 Å². The van der Waals surface area contributed by atoms with E-state index >= 15 is 0 Å². The Kier molecular flexibility index (Phi) is 4.19. The van der Waals surface area contributed by atoms with Crippen molar-refractivity contribution in [3.63, 3.8) is 0 Å². The number of hydrogen-bond donors (Lipinski definition) is 1. The minimum atomic E-state index is 0.289. The SMILES string of the molecule is CC(N[C@@H](C)c1ccc(Br)cc1)c1cnn(C)c1. The third-order valence-electron chi connectivity index (χ3n) is 3.09. The molecule has 96 valence electrons. The highest BCUT2D eigenvalue weighted by Gasteiger charge is 2.12. The third-order valence-corrected chi connectivity index (χ3v) is 3.62. The van der Waals surface area contributed by atoms with Gasteiger partial charge in [-0.3, -0.25) is 4.68 Å². The third kappa shape index (κ3) is 3.21. The molecule has 0 saturated heterocycles. The Balaban J connectivity index is 2.02. The number of rotatable bonds is 4. The molecule has 3 nitrogen and oxygen atoms in total. The van der Waals surface area contributed by atoms with E-state index in [1.165, 1.54) is 11.1 Å². The molecule has 0 radical (unpaired) electrons. The van der Waals surface area contributed by atoms with Crippen LogP contribution in [0.15, 0.2) is 41.1 Å². The van der Waals surface area contributed by atoms with Gasteiger partial charge in [0.05, 0.1) is 6.20 Å². The Morgan fingerprint density at radius 1 is 1.11 bits per heavy atom. The summed E-state index contributed by atoms with van der Waals surface area (Å²) in [5.74, 6) is 0. The lowest BCUT2D eigenvalue weighted by atomic mass is 10.1. The lowest BCUT2D eigenvalue weighted by Gasteiger charge is -2.19. The zero-order valence-electron chi connectivity index (χ0n) is 10.9. The molecule has 2 atom stereocenters. The summed E-state index contributed by atoms with van der Waals surface area (Å²) in [7, 11) is 1.94. The van der Waals surface area contributed by atoms with Crippen LogP contribution < -0.4 is 5.32 Å². The molecule has 1 N–H and O–H groups in total. The molecule has 0 amide bonds. The molecular weight excluding hydrogens is 290 g/mol. The molecule has 18 heavy (non-hydrogen) atoms. The van der Waals surface area contributed by atoms with E-state index < -0.39 is 0 Å². The van der Waals surface area contributed by atoms with Gasteiger partial charge < -0.3 is 5.32 Å². The number of aromatic nitrogens is 2. The number of nitrogens with zero attached hydrogens (tertiary/aromatic N) is 2. The van der Waals surface area contributed by atoms with Crippen LogP contribution in [0.4, 0.5) is 0 Å². The highest BCUT2D eigenvalue weighted by atomic mass is 79.9. The van der Waals surface area contributed by atoms with Crippen molar-refractivity contribution in [1.29, 1.82) is 0 Å². The number of aryl methyl sites for hydroxylation is 1. The average Bonchev–Trinajstić information content (AvgIpc) is 2.76. The monoisotopic (exact) mass is 307 g/mol. The molecule has 2 aromatic rings. The van der Waals surface area contributed by atoms with Gasteiger partial charge in [-0.25, -0.2) is 0 Å². The van der Waals surface area contributed by atoms with Crippen molar-refractivity contribution in [1.82, 2.24) is 15.1 Å². The Morgan fingerprint density at radius 2 is 1.72 bits per heavy atom. The van der Waals surface area contributed by atoms with Crippen molar-refractivity contribution in [3.8, 4) is 0 Å². The summed E-state index contributed by atoms with van der Waals surface area (Å²) in [5, 5.41) is 7.78. The fraction of sp³-hybridized carbons (Fsp3) is 0.357. The lowest BCUT2D eigenvalue weighted by Crippen LogP contribution is -2.22. The highest BCUT2D eigenvalue weighted by Crippen LogP contribution is 2.20. The molecule has 0 bridgehead atoms. The molecule has 2 rings (SSSR count). The van der Waals surface area contributed by atoms with Gasteiger partial charge >= 0.3 is 0 Å². The summed E-state index contributed by atoms with van der Waals surface area (Å²) < 4.78 is 2.94. The lowest BCUT2D eigenvalue weighted by molar-refractivity contribution is 0.494. The van der Waals surface area contributed by atoms with E-state index in [1.54, 1.807) is 0 Å². The molecule has 0 aliphatic rings. The molecule has 1 unspecified atom stereocenters. The maximum atomic E-state index is 4.20. The second-order valence-electron chi connectivity index (χ2n) is 4.61. The van der Waals surface area contributed by atoms with Crippen LogP contribution in [-0.2, 0) is 7.05 Å². The number of nitrogens with one attached hydrogen (secondary N) is 1. The minimum Gasteiger partial charge on any atom is -0.304 e. The van der Waals surface area contributed by atoms with Crippen LogP contribution in [0.25, 0.3) is 0 Å². The highest BCUT2D eigenvalue weighted by molar-refractivity contribution is 9.10. The van der Waals surface area contributed by atoms with E-state index in [9.17, 15) is 0 Å². The first-order valence-corrected chi connectivity index (χ1v) is 6.85. The van der Waals surface area contributed by atoms with E-state index in [0.717, 1.165) is 4.47 Å². The largest absolute Gasteiger partial charge is 0.304 e. The molecular formula is C14H18BrN3. The first kappa shape index (κ1) is 13.3. The molecule has 0 spiro atoms. The molecule has 4 heteroatoms. The summed E-state index contributed by atoms with van der Waals surface area (Å²) in [6.07, 6.45) is 3.96. The van der Waals surface area contributed by atoms with Crippen LogP contribution in [-0.4, -0.2) is 9.78 Å². The first-order valence-electron chi connectivity index (χ1n) is 6.06. The Bertz CT molecular complexity index is 504. The van der Waals surface area contributed by atoms with Crippen LogP contribution in [0.3, 0.4) is 0 Å². The molecule has 0 fully saturated rings. The predicted molar refractivity (Wildman–Crippen MR) is 77.3 cm³/mol. The van der Waals surface area contributed by atoms with Gasteiger partial charge in [0.1, 0.15) is 0 Å². The molecule has 1 aromatic carbocycles. The van der Waals surface area contributed by atoms with Gasteiger partial charge in [0.15, 0.2) is 0 Å². The van der Waals surface area contributed by atoms with E-state index in [2.05, 4.69) is 64.5 Å². The van der Waals surface area contributed by atoms with Crippen LogP contribution >= 0.6 is 15.9 Å². The molecule has 0 aliphatic heterocycles. The van der Waals surface area contributed by atoms with Gasteiger partial charge in [-0.2, -0.15) is 5.10 Å². The number of halogens is 1. The fourth-order valence-electron chi connectivity index (χ4n) is 1.98. The quantitative estimate of drug-likeness (QED) is 0.935. The smallest absolute Gasteiger partial charge is 0.0537 e. The summed E-state index contributed by atoms with van der Waals surface area (Å²) in [4.78, 5) is 0. The average molecular weight is 308 g/mol. The zero-order valence-corrected chi connectivity index (χ0v) is 12.5. The topological polar surface area (TPSA) is 29.9 Å². The normalized spacial score (nSPS) is 14.4. The second-order valence-corrected chi connectivity index (χ2v) is 5.52. The molecule has 0 aliphatic carbocycles. The van der Waals surface area contributed by atoms with Crippen molar-refractivity contribution in [2.45, 2.75) is 25.9 Å². The molecule has 0 saturated carbocycles. The van der Waals surface area contributed by atoms with Crippen LogP contribution in [0, 0.1) is 0 Å². The van der Waals surface area contributed by atoms with Crippen molar-refractivity contribution in [2.75, 3.05) is 0 Å². The zero-order chi connectivity index (χ0) is 13.1. The van der Waals surface area contributed by atoms with Crippen molar-refractivity contribution >= 4 is 15.9 Å². The van der Waals surface area contributed by atoms with Crippen molar-refractivity contribution in [2.24, 2.45) is 7.05 Å². The standard InChI is InChI=1S/C14H18BrN3/c1-10(12-4-6-14(15)7-5-12)17-11(2)13-8-16-18(3)9-13/h4-11,17H,1-3H3/t10-,11?/m0/s1. The number of benzene rings is 1. The van der Waals surface area contributed by atoms with Crippen molar-refractivity contribution < 1.29 is 0 Å². The van der Waals surface area contributed by atoms with E-state index in [4.69, 9.17) is 0 Å². The van der Waals surface area contributed by atoms with Crippen molar-refractivity contribution in [3.05, 3.63) is 52.3 Å². The summed E-state index contributed by atoms with van der Waals surface area (Å²) in [5.41, 5.74) is 2.50. The van der Waals surface area contributed by atoms with E-state index in [-0.39, 0.29) is 6.04 Å². The van der Waals surface area contributed by atoms with Gasteiger partial charge in [0.2, 0.25) is 0 Å². The van der Waals surface area contributed by atoms with Gasteiger partial charge in [-0.15, -0.1) is 0 Å². The van der Waals surface area contributed by atoms with E-state index in [1.807, 2.05) is 24.1 Å². The Labute approximate surface area is 116 Å². The predicted octanol–water partition coefficient (Wildman–Crippen LogP) is 3.59. The summed E-state index contributed by atoms with van der Waals surface area (Å²) >= 11 is 3.45. The van der Waals surface area contributed by atoms with E-state index in [0.29, 0.717) is 6.04 Å². The fourth-order valence-corrected chi connectivity index (χ4v) is 2.25. The first-order chi connectivity index (χ1) is 8.56. The van der Waals surface area contributed by atoms with Gasteiger partial charge in [-0.05, 0) is 31.5 Å². The van der Waals surface area contributed by atoms with Crippen LogP contribution in [0.5, 0.6) is 0 Å². The minimum absolute atomic E-state index is 0.289. The van der Waals surface area contributed by atoms with Gasteiger partial charge in [0, 0.05) is 35.4 Å². The number of hydrogen-bond acceptors (Lipinski definition) is 2. The molecule has 1 aromatic heterocycles. The second kappa shape index (κ2) is 5.67. The van der Waals surface area contributed by atoms with Crippen LogP contribution in [0.1, 0.15) is 37.1 Å². The Hall–Kier alpha value is -1.13. The van der Waals surface area contributed by atoms with Crippen LogP contribution in [0.2, 0.25) is 0 Å².